The maximum Gasteiger partial charge on any atom is 0.248 e. The number of rotatable bonds is 1. The first kappa shape index (κ1) is 15.1. The van der Waals surface area contributed by atoms with Crippen molar-refractivity contribution in [1.82, 2.24) is 14.8 Å². The van der Waals surface area contributed by atoms with Crippen LogP contribution in [0, 0.1) is 13.8 Å². The van der Waals surface area contributed by atoms with E-state index in [1.54, 1.807) is 4.68 Å². The smallest absolute Gasteiger partial charge is 0.248 e. The summed E-state index contributed by atoms with van der Waals surface area (Å²) in [6, 6.07) is 1.65. The molecule has 2 heterocycles. The van der Waals surface area contributed by atoms with Crippen LogP contribution < -0.4 is 11.0 Å². The topological polar surface area (TPSA) is 47.8 Å². The van der Waals surface area contributed by atoms with E-state index in [2.05, 4.69) is 10.1 Å². The Kier molecular flexibility index (Phi) is 3.53. The number of aromatic nitrogens is 3. The van der Waals surface area contributed by atoms with Gasteiger partial charge < -0.3 is 0 Å². The summed E-state index contributed by atoms with van der Waals surface area (Å²) < 4.78 is 28.3. The zero-order valence-corrected chi connectivity index (χ0v) is 12.6. The van der Waals surface area contributed by atoms with Gasteiger partial charge in [0.1, 0.15) is 13.4 Å². The summed E-state index contributed by atoms with van der Waals surface area (Å²) in [5.74, 6) is -2.61. The minimum Gasteiger partial charge on any atom is -0.286 e. The van der Waals surface area contributed by atoms with E-state index < -0.39 is 11.4 Å². The molecule has 1 aliphatic rings. The van der Waals surface area contributed by atoms with Crippen LogP contribution in [0.25, 0.3) is 11.0 Å². The van der Waals surface area contributed by atoms with Crippen LogP contribution in [0.2, 0.25) is 0 Å². The first-order chi connectivity index (χ1) is 10.3. The third-order valence-corrected chi connectivity index (χ3v) is 4.39. The van der Waals surface area contributed by atoms with Gasteiger partial charge in [-0.25, -0.2) is 13.8 Å². The highest BCUT2D eigenvalue weighted by Crippen LogP contribution is 2.38. The molecular formula is C15H16BF2N3O. The van der Waals surface area contributed by atoms with Gasteiger partial charge in [-0.15, -0.1) is 0 Å². The Balaban J connectivity index is 2.16. The standard InChI is InChI=1S/C15H16BF2N3O/c1-8-7-11-12(19-9(8)2)13(22)14(16)20-21(11)10-3-5-15(17,18)6-4-10/h7,10H,3-6H2,1-2H3. The van der Waals surface area contributed by atoms with Crippen molar-refractivity contribution in [2.75, 3.05) is 0 Å². The summed E-state index contributed by atoms with van der Waals surface area (Å²) in [4.78, 5) is 16.5. The van der Waals surface area contributed by atoms with Crippen LogP contribution in [0.3, 0.4) is 0 Å². The lowest BCUT2D eigenvalue weighted by Crippen LogP contribution is -2.36. The van der Waals surface area contributed by atoms with Gasteiger partial charge in [0.15, 0.2) is 0 Å². The van der Waals surface area contributed by atoms with E-state index in [0.717, 1.165) is 11.3 Å². The van der Waals surface area contributed by atoms with E-state index in [1.165, 1.54) is 0 Å². The Hall–Kier alpha value is -1.79. The highest BCUT2D eigenvalue weighted by molar-refractivity contribution is 6.31. The molecule has 2 aromatic heterocycles. The van der Waals surface area contributed by atoms with Crippen LogP contribution in [0.1, 0.15) is 43.0 Å². The second-order valence-corrected chi connectivity index (χ2v) is 6.00. The molecule has 0 N–H and O–H groups in total. The highest BCUT2D eigenvalue weighted by atomic mass is 19.3. The maximum absolute atomic E-state index is 13.4. The normalized spacial score (nSPS) is 18.7. The Morgan fingerprint density at radius 2 is 1.95 bits per heavy atom. The molecule has 0 spiro atoms. The Bertz CT molecular complexity index is 793. The largest absolute Gasteiger partial charge is 0.286 e. The zero-order valence-electron chi connectivity index (χ0n) is 12.6. The predicted molar refractivity (Wildman–Crippen MR) is 81.1 cm³/mol. The third-order valence-electron chi connectivity index (χ3n) is 4.39. The van der Waals surface area contributed by atoms with Gasteiger partial charge in [-0.2, -0.15) is 5.10 Å². The Morgan fingerprint density at radius 1 is 1.32 bits per heavy atom. The van der Waals surface area contributed by atoms with Gasteiger partial charge in [0, 0.05) is 18.5 Å². The van der Waals surface area contributed by atoms with Gasteiger partial charge in [0.25, 0.3) is 0 Å². The molecule has 114 valence electrons. The fourth-order valence-electron chi connectivity index (χ4n) is 2.92. The lowest BCUT2D eigenvalue weighted by atomic mass is 9.92. The summed E-state index contributed by atoms with van der Waals surface area (Å²) in [6.45, 7) is 3.71. The quantitative estimate of drug-likeness (QED) is 0.757. The molecule has 1 saturated carbocycles. The number of pyridine rings is 1. The van der Waals surface area contributed by atoms with Crippen LogP contribution in [-0.2, 0) is 0 Å². The molecule has 3 rings (SSSR count). The third kappa shape index (κ3) is 2.53. The molecule has 0 aliphatic heterocycles. The van der Waals surface area contributed by atoms with Crippen molar-refractivity contribution in [1.29, 1.82) is 0 Å². The molecule has 1 aliphatic carbocycles. The first-order valence-corrected chi connectivity index (χ1v) is 7.32. The van der Waals surface area contributed by atoms with E-state index in [4.69, 9.17) is 7.85 Å². The fourth-order valence-corrected chi connectivity index (χ4v) is 2.92. The van der Waals surface area contributed by atoms with E-state index >= 15 is 0 Å². The summed E-state index contributed by atoms with van der Waals surface area (Å²) in [7, 11) is 5.70. The van der Waals surface area contributed by atoms with Crippen molar-refractivity contribution >= 4 is 24.5 Å². The van der Waals surface area contributed by atoms with Crippen molar-refractivity contribution in [3.05, 3.63) is 27.5 Å². The molecule has 7 heteroatoms. The van der Waals surface area contributed by atoms with E-state index in [1.807, 2.05) is 19.9 Å². The molecule has 0 saturated heterocycles. The summed E-state index contributed by atoms with van der Waals surface area (Å²) >= 11 is 0. The molecule has 0 unspecified atom stereocenters. The van der Waals surface area contributed by atoms with Crippen LogP contribution in [0.15, 0.2) is 10.9 Å². The summed E-state index contributed by atoms with van der Waals surface area (Å²) in [5, 5.41) is 4.14. The Morgan fingerprint density at radius 3 is 2.59 bits per heavy atom. The van der Waals surface area contributed by atoms with E-state index in [0.29, 0.717) is 18.4 Å². The molecule has 0 amide bonds. The van der Waals surface area contributed by atoms with Crippen LogP contribution in [0.4, 0.5) is 8.78 Å². The molecule has 22 heavy (non-hydrogen) atoms. The van der Waals surface area contributed by atoms with Gasteiger partial charge in [-0.05, 0) is 38.3 Å². The van der Waals surface area contributed by atoms with Crippen LogP contribution in [-0.4, -0.2) is 28.5 Å². The highest BCUT2D eigenvalue weighted by Gasteiger charge is 2.36. The minimum atomic E-state index is -2.61. The lowest BCUT2D eigenvalue weighted by Gasteiger charge is -2.30. The molecule has 1 fully saturated rings. The van der Waals surface area contributed by atoms with Crippen molar-refractivity contribution in [3.63, 3.8) is 0 Å². The number of aryl methyl sites for hydroxylation is 2. The summed E-state index contributed by atoms with van der Waals surface area (Å²) in [5.41, 5.74) is 1.95. The number of hydrogen-bond acceptors (Lipinski definition) is 3. The molecule has 0 atom stereocenters. The number of hydrogen-bond donors (Lipinski definition) is 0. The Labute approximate surface area is 128 Å². The van der Waals surface area contributed by atoms with Gasteiger partial charge in [-0.1, -0.05) is 0 Å². The van der Waals surface area contributed by atoms with Crippen molar-refractivity contribution in [2.45, 2.75) is 51.5 Å². The number of alkyl halides is 2. The molecule has 0 aromatic carbocycles. The number of halogens is 2. The van der Waals surface area contributed by atoms with E-state index in [-0.39, 0.29) is 30.0 Å². The van der Waals surface area contributed by atoms with Crippen molar-refractivity contribution in [2.24, 2.45) is 0 Å². The van der Waals surface area contributed by atoms with Gasteiger partial charge in [0.05, 0.1) is 17.2 Å². The first-order valence-electron chi connectivity index (χ1n) is 7.32. The van der Waals surface area contributed by atoms with Crippen molar-refractivity contribution in [3.8, 4) is 0 Å². The number of nitrogens with zero attached hydrogens (tertiary/aromatic N) is 3. The molecule has 0 bridgehead atoms. The van der Waals surface area contributed by atoms with Gasteiger partial charge in [-0.3, -0.25) is 9.48 Å². The van der Waals surface area contributed by atoms with Crippen LogP contribution >= 0.6 is 0 Å². The SMILES string of the molecule is [B]c1nn(C2CCC(F)(F)CC2)c2cc(C)c(C)nc2c1=O. The van der Waals surface area contributed by atoms with E-state index in [9.17, 15) is 13.6 Å². The summed E-state index contributed by atoms with van der Waals surface area (Å²) in [6.07, 6.45) is 0.269. The predicted octanol–water partition coefficient (Wildman–Crippen LogP) is 1.95. The van der Waals surface area contributed by atoms with Gasteiger partial charge in [0.2, 0.25) is 11.4 Å². The second kappa shape index (κ2) is 5.14. The monoisotopic (exact) mass is 303 g/mol. The average Bonchev–Trinajstić information content (AvgIpc) is 2.45. The maximum atomic E-state index is 13.4. The molecule has 2 radical (unpaired) electrons. The number of fused-ring (bicyclic) bond motifs is 1. The lowest BCUT2D eigenvalue weighted by molar-refractivity contribution is -0.0446. The second-order valence-electron chi connectivity index (χ2n) is 6.00. The molecule has 2 aromatic rings. The minimum absolute atomic E-state index is 0.138. The van der Waals surface area contributed by atoms with Crippen molar-refractivity contribution < 1.29 is 8.78 Å². The molecule has 4 nitrogen and oxygen atoms in total. The fraction of sp³-hybridized carbons (Fsp3) is 0.533. The molecular weight excluding hydrogens is 287 g/mol. The van der Waals surface area contributed by atoms with Gasteiger partial charge >= 0.3 is 0 Å². The van der Waals surface area contributed by atoms with Crippen LogP contribution in [0.5, 0.6) is 0 Å². The zero-order chi connectivity index (χ0) is 16.1. The average molecular weight is 303 g/mol.